The Morgan fingerprint density at radius 2 is 2.40 bits per heavy atom. The fourth-order valence-electron chi connectivity index (χ4n) is 1.85. The van der Waals surface area contributed by atoms with Gasteiger partial charge in [0.05, 0.1) is 6.26 Å². The number of hydrogen-bond donors (Lipinski definition) is 1. The SMILES string of the molecule is CC1CN(C(=O)c2ccco2)C(C)CN1. The largest absolute Gasteiger partial charge is 0.459 e. The van der Waals surface area contributed by atoms with Crippen molar-refractivity contribution in [3.8, 4) is 0 Å². The predicted molar refractivity (Wildman–Crippen MR) is 56.7 cm³/mol. The van der Waals surface area contributed by atoms with Crippen molar-refractivity contribution in [1.29, 1.82) is 0 Å². The lowest BCUT2D eigenvalue weighted by Crippen LogP contribution is -2.56. The van der Waals surface area contributed by atoms with Gasteiger partial charge in [0, 0.05) is 25.2 Å². The monoisotopic (exact) mass is 208 g/mol. The summed E-state index contributed by atoms with van der Waals surface area (Å²) in [5, 5.41) is 3.34. The molecule has 1 aromatic rings. The molecule has 1 amide bonds. The number of amides is 1. The van der Waals surface area contributed by atoms with E-state index in [9.17, 15) is 4.79 Å². The lowest BCUT2D eigenvalue weighted by atomic mass is 10.1. The molecule has 0 saturated carbocycles. The van der Waals surface area contributed by atoms with Crippen LogP contribution in [0, 0.1) is 0 Å². The number of nitrogens with zero attached hydrogens (tertiary/aromatic N) is 1. The van der Waals surface area contributed by atoms with Crippen LogP contribution in [0.2, 0.25) is 0 Å². The van der Waals surface area contributed by atoms with E-state index in [-0.39, 0.29) is 11.9 Å². The molecule has 1 aliphatic rings. The molecule has 1 N–H and O–H groups in total. The van der Waals surface area contributed by atoms with Gasteiger partial charge in [-0.15, -0.1) is 0 Å². The van der Waals surface area contributed by atoms with E-state index < -0.39 is 0 Å². The molecule has 2 atom stereocenters. The quantitative estimate of drug-likeness (QED) is 0.751. The molecule has 15 heavy (non-hydrogen) atoms. The van der Waals surface area contributed by atoms with Crippen molar-refractivity contribution in [1.82, 2.24) is 10.2 Å². The second kappa shape index (κ2) is 4.06. The molecule has 2 heterocycles. The van der Waals surface area contributed by atoms with E-state index in [0.717, 1.165) is 13.1 Å². The van der Waals surface area contributed by atoms with Gasteiger partial charge in [-0.25, -0.2) is 0 Å². The van der Waals surface area contributed by atoms with Crippen molar-refractivity contribution in [3.63, 3.8) is 0 Å². The molecular weight excluding hydrogens is 192 g/mol. The molecule has 1 aliphatic heterocycles. The molecule has 1 aromatic heterocycles. The van der Waals surface area contributed by atoms with Crippen LogP contribution in [-0.2, 0) is 0 Å². The molecule has 1 fully saturated rings. The third-order valence-electron chi connectivity index (χ3n) is 2.76. The molecule has 4 heteroatoms. The second-order valence-electron chi connectivity index (χ2n) is 4.09. The summed E-state index contributed by atoms with van der Waals surface area (Å²) in [6.07, 6.45) is 1.53. The highest BCUT2D eigenvalue weighted by Gasteiger charge is 2.28. The van der Waals surface area contributed by atoms with Crippen LogP contribution < -0.4 is 5.32 Å². The van der Waals surface area contributed by atoms with Gasteiger partial charge in [-0.3, -0.25) is 4.79 Å². The first-order valence-electron chi connectivity index (χ1n) is 5.26. The third kappa shape index (κ3) is 2.04. The Morgan fingerprint density at radius 1 is 1.60 bits per heavy atom. The zero-order valence-corrected chi connectivity index (χ0v) is 9.06. The number of nitrogens with one attached hydrogen (secondary N) is 1. The first-order valence-corrected chi connectivity index (χ1v) is 5.26. The van der Waals surface area contributed by atoms with Crippen LogP contribution in [0.5, 0.6) is 0 Å². The molecule has 2 rings (SSSR count). The van der Waals surface area contributed by atoms with Crippen molar-refractivity contribution in [2.45, 2.75) is 25.9 Å². The van der Waals surface area contributed by atoms with Crippen molar-refractivity contribution in [2.75, 3.05) is 13.1 Å². The van der Waals surface area contributed by atoms with E-state index in [1.165, 1.54) is 6.26 Å². The predicted octanol–water partition coefficient (Wildman–Crippen LogP) is 1.10. The van der Waals surface area contributed by atoms with Crippen molar-refractivity contribution < 1.29 is 9.21 Å². The van der Waals surface area contributed by atoms with Gasteiger partial charge in [0.15, 0.2) is 5.76 Å². The third-order valence-corrected chi connectivity index (χ3v) is 2.76. The summed E-state index contributed by atoms with van der Waals surface area (Å²) in [6, 6.07) is 4.02. The Morgan fingerprint density at radius 3 is 3.07 bits per heavy atom. The van der Waals surface area contributed by atoms with E-state index in [2.05, 4.69) is 12.2 Å². The summed E-state index contributed by atoms with van der Waals surface area (Å²) in [7, 11) is 0. The second-order valence-corrected chi connectivity index (χ2v) is 4.09. The van der Waals surface area contributed by atoms with Crippen LogP contribution in [0.15, 0.2) is 22.8 Å². The maximum atomic E-state index is 12.0. The van der Waals surface area contributed by atoms with Crippen LogP contribution in [0.4, 0.5) is 0 Å². The average Bonchev–Trinajstić information content (AvgIpc) is 2.74. The van der Waals surface area contributed by atoms with Gasteiger partial charge in [-0.05, 0) is 26.0 Å². The smallest absolute Gasteiger partial charge is 0.289 e. The van der Waals surface area contributed by atoms with Gasteiger partial charge in [-0.2, -0.15) is 0 Å². The maximum Gasteiger partial charge on any atom is 0.289 e. The molecule has 1 saturated heterocycles. The molecule has 0 aliphatic carbocycles. The fraction of sp³-hybridized carbons (Fsp3) is 0.545. The summed E-state index contributed by atoms with van der Waals surface area (Å²) in [5.41, 5.74) is 0. The summed E-state index contributed by atoms with van der Waals surface area (Å²) in [4.78, 5) is 13.9. The number of carbonyl (C=O) groups is 1. The van der Waals surface area contributed by atoms with E-state index in [1.54, 1.807) is 12.1 Å². The van der Waals surface area contributed by atoms with Gasteiger partial charge in [0.2, 0.25) is 0 Å². The first kappa shape index (κ1) is 10.2. The summed E-state index contributed by atoms with van der Waals surface area (Å²) in [6.45, 7) is 5.70. The van der Waals surface area contributed by atoms with Crippen molar-refractivity contribution in [2.24, 2.45) is 0 Å². The highest BCUT2D eigenvalue weighted by molar-refractivity contribution is 5.91. The van der Waals surface area contributed by atoms with E-state index in [4.69, 9.17) is 4.42 Å². The van der Waals surface area contributed by atoms with Crippen LogP contribution in [0.3, 0.4) is 0 Å². The lowest BCUT2D eigenvalue weighted by Gasteiger charge is -2.37. The number of furan rings is 1. The number of piperazine rings is 1. The maximum absolute atomic E-state index is 12.0. The normalized spacial score (nSPS) is 26.7. The molecular formula is C11H16N2O2. The van der Waals surface area contributed by atoms with Crippen molar-refractivity contribution in [3.05, 3.63) is 24.2 Å². The van der Waals surface area contributed by atoms with Gasteiger partial charge in [-0.1, -0.05) is 0 Å². The minimum atomic E-state index is -0.0131. The Labute approximate surface area is 89.2 Å². The van der Waals surface area contributed by atoms with Crippen LogP contribution in [0.1, 0.15) is 24.4 Å². The highest BCUT2D eigenvalue weighted by atomic mass is 16.3. The molecule has 82 valence electrons. The minimum absolute atomic E-state index is 0.0131. The van der Waals surface area contributed by atoms with Gasteiger partial charge in [0.25, 0.3) is 5.91 Å². The molecule has 0 bridgehead atoms. The van der Waals surface area contributed by atoms with E-state index >= 15 is 0 Å². The number of rotatable bonds is 1. The molecule has 4 nitrogen and oxygen atoms in total. The molecule has 2 unspecified atom stereocenters. The number of carbonyl (C=O) groups excluding carboxylic acids is 1. The molecule has 0 spiro atoms. The Hall–Kier alpha value is -1.29. The standard InChI is InChI=1S/C11H16N2O2/c1-8-7-13(9(2)6-12-8)11(14)10-4-3-5-15-10/h3-5,8-9,12H,6-7H2,1-2H3. The lowest BCUT2D eigenvalue weighted by molar-refractivity contribution is 0.0584. The van der Waals surface area contributed by atoms with Crippen LogP contribution in [0.25, 0.3) is 0 Å². The van der Waals surface area contributed by atoms with Crippen LogP contribution in [-0.4, -0.2) is 36.0 Å². The zero-order valence-electron chi connectivity index (χ0n) is 9.06. The van der Waals surface area contributed by atoms with Gasteiger partial charge in [0.1, 0.15) is 0 Å². The minimum Gasteiger partial charge on any atom is -0.459 e. The average molecular weight is 208 g/mol. The summed E-state index contributed by atoms with van der Waals surface area (Å²) in [5.74, 6) is 0.414. The highest BCUT2D eigenvalue weighted by Crippen LogP contribution is 2.12. The van der Waals surface area contributed by atoms with Crippen LogP contribution >= 0.6 is 0 Å². The van der Waals surface area contributed by atoms with E-state index in [1.807, 2.05) is 11.8 Å². The zero-order chi connectivity index (χ0) is 10.8. The summed E-state index contributed by atoms with van der Waals surface area (Å²) < 4.78 is 5.12. The van der Waals surface area contributed by atoms with Gasteiger partial charge < -0.3 is 14.6 Å². The molecule has 0 aromatic carbocycles. The Kier molecular flexibility index (Phi) is 2.77. The van der Waals surface area contributed by atoms with E-state index in [0.29, 0.717) is 11.8 Å². The fourth-order valence-corrected chi connectivity index (χ4v) is 1.85. The van der Waals surface area contributed by atoms with Gasteiger partial charge >= 0.3 is 0 Å². The first-order chi connectivity index (χ1) is 7.18. The Bertz CT molecular complexity index is 334. The topological polar surface area (TPSA) is 45.5 Å². The number of hydrogen-bond acceptors (Lipinski definition) is 3. The summed E-state index contributed by atoms with van der Waals surface area (Å²) >= 11 is 0. The molecule has 0 radical (unpaired) electrons. The Balaban J connectivity index is 2.12. The van der Waals surface area contributed by atoms with Crippen molar-refractivity contribution >= 4 is 5.91 Å².